The van der Waals surface area contributed by atoms with Gasteiger partial charge in [0.2, 0.25) is 12.7 Å². The number of esters is 1. The minimum atomic E-state index is -0.631. The van der Waals surface area contributed by atoms with Crippen LogP contribution < -0.4 is 19.5 Å². The summed E-state index contributed by atoms with van der Waals surface area (Å²) in [4.78, 5) is 27.5. The van der Waals surface area contributed by atoms with Crippen molar-refractivity contribution in [2.75, 3.05) is 20.5 Å². The number of carbonyl (C=O) groups is 2. The molecule has 0 radical (unpaired) electrons. The van der Waals surface area contributed by atoms with Gasteiger partial charge in [0.1, 0.15) is 0 Å². The maximum absolute atomic E-state index is 11.8. The molecule has 0 fully saturated rings. The number of fused-ring (bicyclic) bond motifs is 1. The Morgan fingerprint density at radius 2 is 2.04 bits per heavy atom. The highest BCUT2D eigenvalue weighted by atomic mass is 16.7. The number of benzene rings is 1. The molecule has 0 saturated carbocycles. The molecule has 1 aromatic carbocycles. The average molecular weight is 344 g/mol. The molecule has 1 amide bonds. The Morgan fingerprint density at radius 1 is 1.20 bits per heavy atom. The fourth-order valence-electron chi connectivity index (χ4n) is 2.14. The van der Waals surface area contributed by atoms with E-state index in [1.165, 1.54) is 25.4 Å². The molecule has 2 aromatic rings. The molecule has 0 aliphatic carbocycles. The van der Waals surface area contributed by atoms with Crippen LogP contribution in [-0.4, -0.2) is 37.4 Å². The molecule has 1 N–H and O–H groups in total. The van der Waals surface area contributed by atoms with E-state index < -0.39 is 11.9 Å². The Hall–Kier alpha value is -3.29. The molecule has 130 valence electrons. The molecule has 1 aromatic heterocycles. The monoisotopic (exact) mass is 344 g/mol. The lowest BCUT2D eigenvalue weighted by Crippen LogP contribution is -2.28. The van der Waals surface area contributed by atoms with Crippen molar-refractivity contribution in [1.29, 1.82) is 0 Å². The number of carbonyl (C=O) groups excluding carboxylic acids is 2. The Labute approximate surface area is 143 Å². The van der Waals surface area contributed by atoms with Gasteiger partial charge in [0.25, 0.3) is 5.91 Å². The van der Waals surface area contributed by atoms with Crippen LogP contribution in [-0.2, 0) is 16.1 Å². The van der Waals surface area contributed by atoms with Gasteiger partial charge in [-0.1, -0.05) is 6.07 Å². The Bertz CT molecular complexity index is 775. The van der Waals surface area contributed by atoms with Crippen molar-refractivity contribution in [1.82, 2.24) is 10.3 Å². The van der Waals surface area contributed by atoms with Gasteiger partial charge in [-0.05, 0) is 23.8 Å². The van der Waals surface area contributed by atoms with E-state index >= 15 is 0 Å². The van der Waals surface area contributed by atoms with Crippen molar-refractivity contribution in [3.05, 3.63) is 47.7 Å². The Kier molecular flexibility index (Phi) is 4.98. The highest BCUT2D eigenvalue weighted by Gasteiger charge is 2.14. The van der Waals surface area contributed by atoms with Crippen LogP contribution in [0.2, 0.25) is 0 Å². The summed E-state index contributed by atoms with van der Waals surface area (Å²) < 4.78 is 20.3. The summed E-state index contributed by atoms with van der Waals surface area (Å²) in [6.07, 6.45) is 1.33. The number of ether oxygens (including phenoxy) is 4. The van der Waals surface area contributed by atoms with Gasteiger partial charge in [-0.2, -0.15) is 0 Å². The van der Waals surface area contributed by atoms with Crippen molar-refractivity contribution in [2.45, 2.75) is 6.54 Å². The van der Waals surface area contributed by atoms with Crippen LogP contribution in [0.5, 0.6) is 17.4 Å². The molecule has 1 aliphatic heterocycles. The molecule has 8 nitrogen and oxygen atoms in total. The number of hydrogen-bond acceptors (Lipinski definition) is 7. The molecule has 25 heavy (non-hydrogen) atoms. The zero-order chi connectivity index (χ0) is 17.6. The minimum Gasteiger partial charge on any atom is -0.481 e. The number of nitrogens with one attached hydrogen (secondary N) is 1. The molecule has 1 aliphatic rings. The van der Waals surface area contributed by atoms with Crippen molar-refractivity contribution >= 4 is 11.9 Å². The van der Waals surface area contributed by atoms with Crippen molar-refractivity contribution in [2.24, 2.45) is 0 Å². The van der Waals surface area contributed by atoms with Crippen molar-refractivity contribution in [3.8, 4) is 17.4 Å². The zero-order valence-electron chi connectivity index (χ0n) is 13.5. The number of methoxy groups -OCH3 is 1. The molecule has 0 atom stereocenters. The van der Waals surface area contributed by atoms with Gasteiger partial charge in [0.05, 0.1) is 12.7 Å². The number of rotatable bonds is 6. The third-order valence-electron chi connectivity index (χ3n) is 3.44. The van der Waals surface area contributed by atoms with Gasteiger partial charge in [-0.15, -0.1) is 0 Å². The topological polar surface area (TPSA) is 96.0 Å². The average Bonchev–Trinajstić information content (AvgIpc) is 3.12. The summed E-state index contributed by atoms with van der Waals surface area (Å²) in [6.45, 7) is 0.105. The SMILES string of the molecule is COc1ccc(C(=O)OCC(=O)NCc2ccc3c(c2)OCO3)cn1. The second kappa shape index (κ2) is 7.52. The molecular weight excluding hydrogens is 328 g/mol. The van der Waals surface area contributed by atoms with E-state index in [2.05, 4.69) is 10.3 Å². The molecule has 0 unspecified atom stereocenters. The van der Waals surface area contributed by atoms with Crippen LogP contribution in [0.4, 0.5) is 0 Å². The van der Waals surface area contributed by atoms with Crippen molar-refractivity contribution < 1.29 is 28.5 Å². The first-order valence-electron chi connectivity index (χ1n) is 7.48. The number of hydrogen-bond donors (Lipinski definition) is 1. The van der Waals surface area contributed by atoms with E-state index in [1.807, 2.05) is 6.07 Å². The fourth-order valence-corrected chi connectivity index (χ4v) is 2.14. The van der Waals surface area contributed by atoms with Crippen LogP contribution in [0.25, 0.3) is 0 Å². The lowest BCUT2D eigenvalue weighted by Gasteiger charge is -2.07. The number of nitrogens with zero attached hydrogens (tertiary/aromatic N) is 1. The highest BCUT2D eigenvalue weighted by molar-refractivity contribution is 5.91. The van der Waals surface area contributed by atoms with Gasteiger partial charge >= 0.3 is 5.97 Å². The predicted molar refractivity (Wildman–Crippen MR) is 85.5 cm³/mol. The maximum Gasteiger partial charge on any atom is 0.340 e. The van der Waals surface area contributed by atoms with Crippen LogP contribution in [0.15, 0.2) is 36.5 Å². The fraction of sp³-hybridized carbons (Fsp3) is 0.235. The second-order valence-corrected chi connectivity index (χ2v) is 5.13. The summed E-state index contributed by atoms with van der Waals surface area (Å²) in [5.41, 5.74) is 1.09. The maximum atomic E-state index is 11.8. The van der Waals surface area contributed by atoms with Crippen LogP contribution >= 0.6 is 0 Å². The van der Waals surface area contributed by atoms with E-state index in [0.717, 1.165) is 5.56 Å². The largest absolute Gasteiger partial charge is 0.481 e. The summed E-state index contributed by atoms with van der Waals surface area (Å²) >= 11 is 0. The van der Waals surface area contributed by atoms with Crippen LogP contribution in [0, 0.1) is 0 Å². The van der Waals surface area contributed by atoms with E-state index in [1.54, 1.807) is 12.1 Å². The van der Waals surface area contributed by atoms with Gasteiger partial charge < -0.3 is 24.3 Å². The van der Waals surface area contributed by atoms with Gasteiger partial charge in [-0.25, -0.2) is 9.78 Å². The summed E-state index contributed by atoms with van der Waals surface area (Å²) in [5.74, 6) is 0.668. The molecule has 0 spiro atoms. The smallest absolute Gasteiger partial charge is 0.340 e. The first-order chi connectivity index (χ1) is 12.2. The highest BCUT2D eigenvalue weighted by Crippen LogP contribution is 2.32. The van der Waals surface area contributed by atoms with E-state index in [-0.39, 0.29) is 25.5 Å². The molecule has 3 rings (SSSR count). The Morgan fingerprint density at radius 3 is 2.80 bits per heavy atom. The molecule has 0 bridgehead atoms. The van der Waals surface area contributed by atoms with Gasteiger partial charge in [0.15, 0.2) is 18.1 Å². The number of aromatic nitrogens is 1. The van der Waals surface area contributed by atoms with Gasteiger partial charge in [-0.3, -0.25) is 4.79 Å². The summed E-state index contributed by atoms with van der Waals surface area (Å²) in [6, 6.07) is 8.44. The normalized spacial score (nSPS) is 11.7. The minimum absolute atomic E-state index is 0.196. The lowest BCUT2D eigenvalue weighted by molar-refractivity contribution is -0.124. The first kappa shape index (κ1) is 16.6. The molecule has 0 saturated heterocycles. The quantitative estimate of drug-likeness (QED) is 0.789. The van der Waals surface area contributed by atoms with E-state index in [9.17, 15) is 9.59 Å². The number of amides is 1. The van der Waals surface area contributed by atoms with Crippen molar-refractivity contribution in [3.63, 3.8) is 0 Å². The van der Waals surface area contributed by atoms with Crippen LogP contribution in [0.3, 0.4) is 0 Å². The van der Waals surface area contributed by atoms with E-state index in [4.69, 9.17) is 18.9 Å². The standard InChI is InChI=1S/C17H16N2O6/c1-22-16-5-3-12(8-19-16)17(21)23-9-15(20)18-7-11-2-4-13-14(6-11)25-10-24-13/h2-6,8H,7,9-10H2,1H3,(H,18,20). The predicted octanol–water partition coefficient (Wildman–Crippen LogP) is 1.29. The van der Waals surface area contributed by atoms with Crippen LogP contribution in [0.1, 0.15) is 15.9 Å². The third-order valence-corrected chi connectivity index (χ3v) is 3.44. The first-order valence-corrected chi connectivity index (χ1v) is 7.48. The van der Waals surface area contributed by atoms with Gasteiger partial charge in [0, 0.05) is 18.8 Å². The summed E-state index contributed by atoms with van der Waals surface area (Å²) in [7, 11) is 1.48. The molecular formula is C17H16N2O6. The second-order valence-electron chi connectivity index (χ2n) is 5.13. The molecule has 8 heteroatoms. The zero-order valence-corrected chi connectivity index (χ0v) is 13.5. The Balaban J connectivity index is 1.45. The summed E-state index contributed by atoms with van der Waals surface area (Å²) in [5, 5.41) is 2.67. The third kappa shape index (κ3) is 4.17. The molecule has 2 heterocycles. The van der Waals surface area contributed by atoms with E-state index in [0.29, 0.717) is 17.4 Å². The number of pyridine rings is 1. The lowest BCUT2D eigenvalue weighted by atomic mass is 10.2.